The number of morpholine rings is 1. The van der Waals surface area contributed by atoms with Gasteiger partial charge in [0, 0.05) is 18.7 Å². The van der Waals surface area contributed by atoms with E-state index in [1.54, 1.807) is 4.90 Å². The van der Waals surface area contributed by atoms with Gasteiger partial charge in [0.05, 0.1) is 13.2 Å². The quantitative estimate of drug-likeness (QED) is 0.625. The Morgan fingerprint density at radius 2 is 2.35 bits per heavy atom. The minimum atomic E-state index is 0.0479. The van der Waals surface area contributed by atoms with Crippen LogP contribution in [0.1, 0.15) is 12.0 Å². The van der Waals surface area contributed by atoms with Crippen LogP contribution in [-0.2, 0) is 9.53 Å². The van der Waals surface area contributed by atoms with E-state index in [9.17, 15) is 4.79 Å². The number of rotatable bonds is 6. The number of carbonyl (C=O) groups is 1. The Morgan fingerprint density at radius 3 is 3.10 bits per heavy atom. The maximum atomic E-state index is 11.5. The summed E-state index contributed by atoms with van der Waals surface area (Å²) in [5, 5.41) is 0. The van der Waals surface area contributed by atoms with Crippen LogP contribution in [0.3, 0.4) is 0 Å². The second-order valence-electron chi connectivity index (χ2n) is 4.53. The Labute approximate surface area is 123 Å². The summed E-state index contributed by atoms with van der Waals surface area (Å²) in [5.74, 6) is 0.787. The largest absolute Gasteiger partial charge is 0.494 e. The van der Waals surface area contributed by atoms with E-state index < -0.39 is 0 Å². The first kappa shape index (κ1) is 14.7. The molecule has 1 aliphatic rings. The molecule has 5 nitrogen and oxygen atoms in total. The van der Waals surface area contributed by atoms with Crippen LogP contribution in [0.4, 0.5) is 0 Å². The molecule has 20 heavy (non-hydrogen) atoms. The Balaban J connectivity index is 1.74. The topological polar surface area (TPSA) is 64.8 Å². The summed E-state index contributed by atoms with van der Waals surface area (Å²) in [6, 6.07) is 7.39. The van der Waals surface area contributed by atoms with Crippen molar-refractivity contribution in [2.75, 3.05) is 32.9 Å². The number of benzene rings is 1. The van der Waals surface area contributed by atoms with Gasteiger partial charge < -0.3 is 20.1 Å². The van der Waals surface area contributed by atoms with Crippen molar-refractivity contribution in [3.63, 3.8) is 0 Å². The molecule has 108 valence electrons. The summed E-state index contributed by atoms with van der Waals surface area (Å²) in [4.78, 5) is 13.7. The monoisotopic (exact) mass is 294 g/mol. The van der Waals surface area contributed by atoms with E-state index in [1.807, 2.05) is 24.3 Å². The van der Waals surface area contributed by atoms with Crippen molar-refractivity contribution in [2.45, 2.75) is 6.42 Å². The molecule has 2 N–H and O–H groups in total. The lowest BCUT2D eigenvalue weighted by atomic mass is 10.2. The highest BCUT2D eigenvalue weighted by molar-refractivity contribution is 7.80. The first-order chi connectivity index (χ1) is 9.66. The summed E-state index contributed by atoms with van der Waals surface area (Å²) in [6.45, 7) is 2.71. The van der Waals surface area contributed by atoms with Crippen molar-refractivity contribution in [1.82, 2.24) is 4.90 Å². The van der Waals surface area contributed by atoms with E-state index in [4.69, 9.17) is 27.4 Å². The minimum absolute atomic E-state index is 0.0479. The van der Waals surface area contributed by atoms with E-state index >= 15 is 0 Å². The van der Waals surface area contributed by atoms with Gasteiger partial charge >= 0.3 is 0 Å². The van der Waals surface area contributed by atoms with Crippen LogP contribution in [-0.4, -0.2) is 48.7 Å². The Hall–Kier alpha value is -1.66. The van der Waals surface area contributed by atoms with E-state index in [0.717, 1.165) is 17.7 Å². The predicted octanol–water partition coefficient (Wildman–Crippen LogP) is 0.948. The third-order valence-electron chi connectivity index (χ3n) is 3.04. The lowest BCUT2D eigenvalue weighted by Crippen LogP contribution is -2.42. The van der Waals surface area contributed by atoms with Gasteiger partial charge in [-0.3, -0.25) is 4.79 Å². The number of thiocarbonyl (C=S) groups is 1. The fourth-order valence-corrected chi connectivity index (χ4v) is 2.10. The highest BCUT2D eigenvalue weighted by Gasteiger charge is 2.17. The van der Waals surface area contributed by atoms with Gasteiger partial charge in [0.15, 0.2) is 0 Å². The number of hydrogen-bond acceptors (Lipinski definition) is 4. The van der Waals surface area contributed by atoms with Crippen molar-refractivity contribution in [3.05, 3.63) is 29.8 Å². The van der Waals surface area contributed by atoms with Crippen LogP contribution in [0, 0.1) is 0 Å². The second-order valence-corrected chi connectivity index (χ2v) is 4.97. The minimum Gasteiger partial charge on any atom is -0.494 e. The highest BCUT2D eigenvalue weighted by Crippen LogP contribution is 2.13. The number of nitrogens with zero attached hydrogens (tertiary/aromatic N) is 1. The van der Waals surface area contributed by atoms with Crippen LogP contribution >= 0.6 is 12.2 Å². The normalized spacial score (nSPS) is 15.2. The molecule has 1 saturated heterocycles. The molecule has 0 saturated carbocycles. The Morgan fingerprint density at radius 1 is 1.50 bits per heavy atom. The van der Waals surface area contributed by atoms with Gasteiger partial charge in [0.2, 0.25) is 5.91 Å². The average Bonchev–Trinajstić information content (AvgIpc) is 2.45. The maximum Gasteiger partial charge on any atom is 0.248 e. The lowest BCUT2D eigenvalue weighted by molar-refractivity contribution is -0.142. The van der Waals surface area contributed by atoms with Crippen molar-refractivity contribution >= 4 is 23.1 Å². The van der Waals surface area contributed by atoms with Gasteiger partial charge in [0.25, 0.3) is 0 Å². The molecular weight excluding hydrogens is 276 g/mol. The summed E-state index contributed by atoms with van der Waals surface area (Å²) in [6.07, 6.45) is 0.781. The van der Waals surface area contributed by atoms with Crippen LogP contribution in [0.15, 0.2) is 24.3 Å². The zero-order valence-corrected chi connectivity index (χ0v) is 12.0. The van der Waals surface area contributed by atoms with E-state index in [0.29, 0.717) is 31.3 Å². The van der Waals surface area contributed by atoms with E-state index in [-0.39, 0.29) is 12.5 Å². The van der Waals surface area contributed by atoms with Crippen LogP contribution in [0.5, 0.6) is 5.75 Å². The molecule has 0 aromatic heterocycles. The lowest BCUT2D eigenvalue weighted by Gasteiger charge is -2.26. The number of ether oxygens (including phenoxy) is 2. The summed E-state index contributed by atoms with van der Waals surface area (Å²) < 4.78 is 10.7. The van der Waals surface area contributed by atoms with Gasteiger partial charge in [-0.25, -0.2) is 0 Å². The van der Waals surface area contributed by atoms with Crippen molar-refractivity contribution in [2.24, 2.45) is 5.73 Å². The van der Waals surface area contributed by atoms with Gasteiger partial charge in [-0.05, 0) is 18.6 Å². The summed E-state index contributed by atoms with van der Waals surface area (Å²) in [5.41, 5.74) is 6.36. The molecule has 0 aliphatic carbocycles. The van der Waals surface area contributed by atoms with Crippen molar-refractivity contribution < 1.29 is 14.3 Å². The Kier molecular flexibility index (Phi) is 5.31. The number of carbonyl (C=O) groups excluding carboxylic acids is 1. The molecule has 0 bridgehead atoms. The zero-order chi connectivity index (χ0) is 14.4. The van der Waals surface area contributed by atoms with Crippen LogP contribution in [0.25, 0.3) is 0 Å². The second kappa shape index (κ2) is 7.21. The summed E-state index contributed by atoms with van der Waals surface area (Å²) >= 11 is 4.92. The van der Waals surface area contributed by atoms with Crippen molar-refractivity contribution in [3.8, 4) is 5.75 Å². The molecule has 1 aromatic carbocycles. The van der Waals surface area contributed by atoms with E-state index in [1.165, 1.54) is 0 Å². The molecule has 0 unspecified atom stereocenters. The molecule has 0 radical (unpaired) electrons. The fourth-order valence-electron chi connectivity index (χ4n) is 1.97. The first-order valence-electron chi connectivity index (χ1n) is 6.55. The van der Waals surface area contributed by atoms with Crippen LogP contribution in [0.2, 0.25) is 0 Å². The molecule has 1 amide bonds. The first-order valence-corrected chi connectivity index (χ1v) is 6.96. The predicted molar refractivity (Wildman–Crippen MR) is 79.8 cm³/mol. The van der Waals surface area contributed by atoms with Crippen molar-refractivity contribution in [1.29, 1.82) is 0 Å². The molecule has 1 aromatic rings. The van der Waals surface area contributed by atoms with Gasteiger partial charge in [0.1, 0.15) is 17.3 Å². The average molecular weight is 294 g/mol. The molecular formula is C14H18N2O3S. The molecule has 1 fully saturated rings. The standard InChI is InChI=1S/C14H18N2O3S/c15-14(20)11-3-1-4-12(9-11)19-7-2-5-16-6-8-18-10-13(16)17/h1,3-4,9H,2,5-8,10H2,(H2,15,20). The molecule has 0 atom stereocenters. The molecule has 1 heterocycles. The summed E-state index contributed by atoms with van der Waals surface area (Å²) in [7, 11) is 0. The van der Waals surface area contributed by atoms with Crippen LogP contribution < -0.4 is 10.5 Å². The smallest absolute Gasteiger partial charge is 0.248 e. The highest BCUT2D eigenvalue weighted by atomic mass is 32.1. The van der Waals surface area contributed by atoms with E-state index in [2.05, 4.69) is 0 Å². The Bertz CT molecular complexity index is 493. The third kappa shape index (κ3) is 4.18. The molecule has 1 aliphatic heterocycles. The number of amides is 1. The van der Waals surface area contributed by atoms with Gasteiger partial charge in [-0.15, -0.1) is 0 Å². The van der Waals surface area contributed by atoms with Gasteiger partial charge in [-0.2, -0.15) is 0 Å². The molecule has 0 spiro atoms. The molecule has 2 rings (SSSR count). The van der Waals surface area contributed by atoms with Gasteiger partial charge in [-0.1, -0.05) is 24.4 Å². The maximum absolute atomic E-state index is 11.5. The zero-order valence-electron chi connectivity index (χ0n) is 11.2. The third-order valence-corrected chi connectivity index (χ3v) is 3.28. The number of hydrogen-bond donors (Lipinski definition) is 1. The molecule has 6 heteroatoms. The fraction of sp³-hybridized carbons (Fsp3) is 0.429. The number of nitrogens with two attached hydrogens (primary N) is 1. The SMILES string of the molecule is NC(=S)c1cccc(OCCCN2CCOCC2=O)c1.